The molecule has 0 N–H and O–H groups in total. The molecule has 0 aliphatic heterocycles. The van der Waals surface area contributed by atoms with Crippen LogP contribution in [-0.4, -0.2) is 5.16 Å². The fraction of sp³-hybridized carbons (Fsp3) is 1.00. The zero-order valence-electron chi connectivity index (χ0n) is 19.2. The summed E-state index contributed by atoms with van der Waals surface area (Å²) in [7, 11) is 3.72. The van der Waals surface area contributed by atoms with E-state index in [1.165, 1.54) is 32.1 Å². The number of hydrogen-bond acceptors (Lipinski definition) is 0. The molecule has 29 heavy (non-hydrogen) atoms. The van der Waals surface area contributed by atoms with Crippen LogP contribution >= 0.6 is 9.24 Å². The van der Waals surface area contributed by atoms with E-state index in [2.05, 4.69) is 16.2 Å². The largest absolute Gasteiger partial charge is 0.130 e. The van der Waals surface area contributed by atoms with Crippen LogP contribution in [0, 0.1) is 59.2 Å². The van der Waals surface area contributed by atoms with Crippen molar-refractivity contribution >= 4 is 9.24 Å². The molecule has 1 heteroatoms. The van der Waals surface area contributed by atoms with Gasteiger partial charge in [-0.1, -0.05) is 39.0 Å². The van der Waals surface area contributed by atoms with E-state index >= 15 is 0 Å². The topological polar surface area (TPSA) is 0 Å². The molecule has 0 heterocycles. The lowest BCUT2D eigenvalue weighted by atomic mass is 9.43. The van der Waals surface area contributed by atoms with Crippen LogP contribution in [0.15, 0.2) is 0 Å². The summed E-state index contributed by atoms with van der Waals surface area (Å²) in [6.45, 7) is 2.36. The van der Waals surface area contributed by atoms with Crippen molar-refractivity contribution in [2.75, 3.05) is 0 Å². The first-order valence-electron chi connectivity index (χ1n) is 13.9. The van der Waals surface area contributed by atoms with Crippen LogP contribution in [0.2, 0.25) is 0 Å². The Labute approximate surface area is 183 Å². The minimum Gasteiger partial charge on any atom is -0.130 e. The first kappa shape index (κ1) is 20.1. The molecule has 8 bridgehead atoms. The van der Waals surface area contributed by atoms with Crippen LogP contribution < -0.4 is 0 Å². The van der Waals surface area contributed by atoms with Crippen molar-refractivity contribution in [3.63, 3.8) is 0 Å². The second-order valence-corrected chi connectivity index (χ2v) is 14.3. The monoisotopic (exact) mass is 414 g/mol. The molecule has 0 spiro atoms. The molecule has 0 nitrogen and oxygen atoms in total. The number of rotatable bonds is 8. The summed E-state index contributed by atoms with van der Waals surface area (Å²) in [5, 5.41) is 0.609. The third kappa shape index (κ3) is 3.40. The zero-order chi connectivity index (χ0) is 19.6. The zero-order valence-corrected chi connectivity index (χ0v) is 20.3. The van der Waals surface area contributed by atoms with Gasteiger partial charge in [0.2, 0.25) is 0 Å². The van der Waals surface area contributed by atoms with Gasteiger partial charge in [0.25, 0.3) is 0 Å². The Balaban J connectivity index is 1.27. The molecule has 164 valence electrons. The molecule has 8 aliphatic rings. The van der Waals surface area contributed by atoms with Gasteiger partial charge in [-0.05, 0) is 135 Å². The summed E-state index contributed by atoms with van der Waals surface area (Å²) in [5.74, 6) is 11.1. The Kier molecular flexibility index (Phi) is 5.38. The Hall–Kier alpha value is 0.430. The van der Waals surface area contributed by atoms with Gasteiger partial charge in [0.05, 0.1) is 0 Å². The summed E-state index contributed by atoms with van der Waals surface area (Å²) >= 11 is 0. The Bertz CT molecular complexity index is 495. The minimum atomic E-state index is 0.609. The van der Waals surface area contributed by atoms with Gasteiger partial charge in [-0.15, -0.1) is 9.24 Å². The lowest BCUT2D eigenvalue weighted by Crippen LogP contribution is -2.60. The number of unbranched alkanes of at least 4 members (excludes halogenated alkanes) is 4. The second kappa shape index (κ2) is 7.78. The number of hydrogen-bond donors (Lipinski definition) is 0. The van der Waals surface area contributed by atoms with Crippen molar-refractivity contribution in [3.8, 4) is 0 Å². The van der Waals surface area contributed by atoms with Crippen molar-refractivity contribution in [3.05, 3.63) is 0 Å². The quantitative estimate of drug-likeness (QED) is 0.278. The van der Waals surface area contributed by atoms with Gasteiger partial charge >= 0.3 is 0 Å². The van der Waals surface area contributed by atoms with Gasteiger partial charge in [0, 0.05) is 0 Å². The normalized spacial score (nSPS) is 51.5. The molecule has 1 unspecified atom stereocenters. The maximum Gasteiger partial charge on any atom is -0.00833 e. The Morgan fingerprint density at radius 2 is 0.931 bits per heavy atom. The predicted molar refractivity (Wildman–Crippen MR) is 127 cm³/mol. The molecule has 8 saturated carbocycles. The maximum atomic E-state index is 3.72. The highest BCUT2D eigenvalue weighted by Crippen LogP contribution is 2.68. The summed E-state index contributed by atoms with van der Waals surface area (Å²) in [5.41, 5.74) is 0. The van der Waals surface area contributed by atoms with E-state index in [9.17, 15) is 0 Å². The molecule has 8 aliphatic carbocycles. The van der Waals surface area contributed by atoms with Crippen molar-refractivity contribution in [2.45, 2.75) is 115 Å². The van der Waals surface area contributed by atoms with Gasteiger partial charge < -0.3 is 0 Å². The standard InChI is InChI=1S/C28H47P/c1-2-3-4-5-6-7-28(29,26-22-10-18-8-19(12-22)13-23(26)11-18)27-24-14-20-9-21(16-24)17-25(27)15-20/h18-27H,2-17,29H2,1H3. The van der Waals surface area contributed by atoms with Gasteiger partial charge in [0.15, 0.2) is 0 Å². The first-order chi connectivity index (χ1) is 14.1. The minimum absolute atomic E-state index is 0.609. The highest BCUT2D eigenvalue weighted by atomic mass is 31.0. The lowest BCUT2D eigenvalue weighted by Gasteiger charge is -2.66. The summed E-state index contributed by atoms with van der Waals surface area (Å²) in [6, 6.07) is 0. The van der Waals surface area contributed by atoms with Crippen LogP contribution in [0.3, 0.4) is 0 Å². The predicted octanol–water partition coefficient (Wildman–Crippen LogP) is 8.11. The summed E-state index contributed by atoms with van der Waals surface area (Å²) in [6.07, 6.45) is 25.1. The fourth-order valence-electron chi connectivity index (χ4n) is 11.2. The van der Waals surface area contributed by atoms with Gasteiger partial charge in [-0.25, -0.2) is 0 Å². The molecule has 0 aromatic heterocycles. The smallest absolute Gasteiger partial charge is 0.00833 e. The molecule has 0 aromatic carbocycles. The van der Waals surface area contributed by atoms with Crippen LogP contribution in [0.1, 0.15) is 110 Å². The third-order valence-electron chi connectivity index (χ3n) is 11.4. The average Bonchev–Trinajstić information content (AvgIpc) is 2.66. The van der Waals surface area contributed by atoms with E-state index in [4.69, 9.17) is 0 Å². The van der Waals surface area contributed by atoms with Crippen molar-refractivity contribution in [1.82, 2.24) is 0 Å². The highest BCUT2D eigenvalue weighted by molar-refractivity contribution is 7.19. The van der Waals surface area contributed by atoms with E-state index in [1.54, 1.807) is 70.6 Å². The van der Waals surface area contributed by atoms with E-state index in [0.717, 1.165) is 59.2 Å². The molecule has 0 amide bonds. The maximum absolute atomic E-state index is 3.72. The van der Waals surface area contributed by atoms with E-state index in [-0.39, 0.29) is 0 Å². The molecule has 1 atom stereocenters. The van der Waals surface area contributed by atoms with Crippen LogP contribution in [0.4, 0.5) is 0 Å². The van der Waals surface area contributed by atoms with Gasteiger partial charge in [-0.3, -0.25) is 0 Å². The SMILES string of the molecule is CCCCCCCC(P)(C1C2CC3CC(C2)CC1C3)C1C2CC3CC(C2)CC1C3. The van der Waals surface area contributed by atoms with Crippen LogP contribution in [0.5, 0.6) is 0 Å². The summed E-state index contributed by atoms with van der Waals surface area (Å²) < 4.78 is 0. The van der Waals surface area contributed by atoms with E-state index < -0.39 is 0 Å². The molecule has 8 fully saturated rings. The Morgan fingerprint density at radius 3 is 1.31 bits per heavy atom. The van der Waals surface area contributed by atoms with Crippen molar-refractivity contribution in [2.24, 2.45) is 59.2 Å². The second-order valence-electron chi connectivity index (χ2n) is 13.2. The average molecular weight is 415 g/mol. The fourth-order valence-corrected chi connectivity index (χ4v) is 12.5. The molecule has 0 saturated heterocycles. The van der Waals surface area contributed by atoms with Crippen molar-refractivity contribution < 1.29 is 0 Å². The molecular formula is C28H47P. The molecule has 0 radical (unpaired) electrons. The Morgan fingerprint density at radius 1 is 0.552 bits per heavy atom. The van der Waals surface area contributed by atoms with Crippen molar-refractivity contribution in [1.29, 1.82) is 0 Å². The van der Waals surface area contributed by atoms with E-state index in [0.29, 0.717) is 5.16 Å². The molecular weight excluding hydrogens is 367 g/mol. The molecule has 8 rings (SSSR count). The molecule has 0 aromatic rings. The summed E-state index contributed by atoms with van der Waals surface area (Å²) in [4.78, 5) is 0. The lowest BCUT2D eigenvalue weighted by molar-refractivity contribution is -0.112. The van der Waals surface area contributed by atoms with Gasteiger partial charge in [-0.2, -0.15) is 0 Å². The van der Waals surface area contributed by atoms with Gasteiger partial charge in [0.1, 0.15) is 0 Å². The first-order valence-corrected chi connectivity index (χ1v) is 14.5. The highest BCUT2D eigenvalue weighted by Gasteiger charge is 2.61. The van der Waals surface area contributed by atoms with Crippen LogP contribution in [-0.2, 0) is 0 Å². The third-order valence-corrected chi connectivity index (χ3v) is 12.5. The van der Waals surface area contributed by atoms with E-state index in [1.807, 2.05) is 0 Å². The van der Waals surface area contributed by atoms with Crippen LogP contribution in [0.25, 0.3) is 0 Å².